The number of amides is 1. The van der Waals surface area contributed by atoms with Crippen LogP contribution in [0.2, 0.25) is 0 Å². The normalized spacial score (nSPS) is 20.5. The highest BCUT2D eigenvalue weighted by Crippen LogP contribution is 2.62. The number of rotatable bonds is 4. The van der Waals surface area contributed by atoms with Crippen LogP contribution in [0.3, 0.4) is 0 Å². The lowest BCUT2D eigenvalue weighted by molar-refractivity contribution is -0.118. The van der Waals surface area contributed by atoms with Gasteiger partial charge in [-0.2, -0.15) is 4.57 Å². The quantitative estimate of drug-likeness (QED) is 0.861. The number of aromatic nitrogens is 1. The second kappa shape index (κ2) is 4.33. The molecule has 0 saturated carbocycles. The molecule has 1 unspecified atom stereocenters. The molecule has 0 aliphatic carbocycles. The molecule has 6 bridgehead atoms. The maximum Gasteiger partial charge on any atom is 0.668 e. The molecule has 22 heavy (non-hydrogen) atoms. The summed E-state index contributed by atoms with van der Waals surface area (Å²) < 4.78 is 35.3. The van der Waals surface area contributed by atoms with Crippen LogP contribution >= 0.6 is 7.82 Å². The molecule has 116 valence electrons. The van der Waals surface area contributed by atoms with Crippen molar-refractivity contribution in [2.45, 2.75) is 13.3 Å². The number of nitrogens with zero attached hydrogens (tertiary/aromatic N) is 1. The van der Waals surface area contributed by atoms with E-state index in [1.54, 1.807) is 12.1 Å². The van der Waals surface area contributed by atoms with E-state index in [-0.39, 0.29) is 5.91 Å². The molecule has 1 atom stereocenters. The smallest absolute Gasteiger partial charge is 0.493 e. The molecular formula is C13H13N2O6P. The van der Waals surface area contributed by atoms with Gasteiger partial charge in [0, 0.05) is 19.0 Å². The number of methoxy groups -OCH3 is 1. The van der Waals surface area contributed by atoms with E-state index in [4.69, 9.17) is 18.4 Å². The van der Waals surface area contributed by atoms with Crippen molar-refractivity contribution in [3.8, 4) is 17.4 Å². The fourth-order valence-corrected chi connectivity index (χ4v) is 4.01. The van der Waals surface area contributed by atoms with Gasteiger partial charge in [-0.25, -0.2) is 0 Å². The summed E-state index contributed by atoms with van der Waals surface area (Å²) >= 11 is 0. The van der Waals surface area contributed by atoms with Gasteiger partial charge in [-0.15, -0.1) is 4.73 Å². The first-order valence-electron chi connectivity index (χ1n) is 6.70. The van der Waals surface area contributed by atoms with Crippen molar-refractivity contribution in [1.29, 1.82) is 0 Å². The van der Waals surface area contributed by atoms with Crippen LogP contribution < -0.4 is 23.7 Å². The Kier molecular flexibility index (Phi) is 2.62. The zero-order valence-electron chi connectivity index (χ0n) is 11.9. The highest BCUT2D eigenvalue weighted by atomic mass is 31.2. The zero-order valence-corrected chi connectivity index (χ0v) is 12.8. The summed E-state index contributed by atoms with van der Waals surface area (Å²) in [5.41, 5.74) is 1.46. The number of nitrogens with one attached hydrogen (secondary N) is 1. The van der Waals surface area contributed by atoms with Gasteiger partial charge in [-0.1, -0.05) is 0 Å². The highest BCUT2D eigenvalue weighted by Gasteiger charge is 2.49. The van der Waals surface area contributed by atoms with E-state index in [2.05, 4.69) is 5.32 Å². The van der Waals surface area contributed by atoms with Crippen molar-refractivity contribution in [2.24, 2.45) is 0 Å². The third kappa shape index (κ3) is 1.70. The van der Waals surface area contributed by atoms with E-state index in [0.29, 0.717) is 35.9 Å². The van der Waals surface area contributed by atoms with Gasteiger partial charge in [0.2, 0.25) is 11.8 Å². The number of carbonyl (C=O) groups excluding carboxylic acids is 1. The van der Waals surface area contributed by atoms with Crippen molar-refractivity contribution >= 4 is 24.6 Å². The van der Waals surface area contributed by atoms with Gasteiger partial charge in [0.05, 0.1) is 18.0 Å². The molecule has 0 fully saturated rings. The SMILES string of the molecule is COc1ccc2c3c(CCNC(C)=O)c4n2OP(=O)(Oc13)O4. The molecule has 1 aromatic carbocycles. The van der Waals surface area contributed by atoms with E-state index in [9.17, 15) is 9.36 Å². The molecule has 9 heteroatoms. The molecule has 3 aliphatic rings. The minimum absolute atomic E-state index is 0.119. The summed E-state index contributed by atoms with van der Waals surface area (Å²) in [6.07, 6.45) is 0.491. The third-order valence-electron chi connectivity index (χ3n) is 3.61. The summed E-state index contributed by atoms with van der Waals surface area (Å²) in [7, 11) is -2.22. The predicted octanol–water partition coefficient (Wildman–Crippen LogP) is 1.65. The molecule has 2 aromatic rings. The summed E-state index contributed by atoms with van der Waals surface area (Å²) in [6.45, 7) is 1.87. The minimum Gasteiger partial charge on any atom is -0.493 e. The zero-order chi connectivity index (χ0) is 15.5. The largest absolute Gasteiger partial charge is 0.668 e. The van der Waals surface area contributed by atoms with Crippen LogP contribution in [0.15, 0.2) is 12.1 Å². The summed E-state index contributed by atoms with van der Waals surface area (Å²) in [5, 5.41) is 3.46. The van der Waals surface area contributed by atoms with E-state index >= 15 is 0 Å². The van der Waals surface area contributed by atoms with Crippen molar-refractivity contribution in [3.05, 3.63) is 17.7 Å². The van der Waals surface area contributed by atoms with E-state index in [1.165, 1.54) is 18.8 Å². The Morgan fingerprint density at radius 2 is 2.23 bits per heavy atom. The molecule has 0 spiro atoms. The lowest BCUT2D eigenvalue weighted by Gasteiger charge is -2.10. The first kappa shape index (κ1) is 13.3. The highest BCUT2D eigenvalue weighted by molar-refractivity contribution is 7.49. The number of hydrogen-bond donors (Lipinski definition) is 1. The van der Waals surface area contributed by atoms with Gasteiger partial charge in [0.15, 0.2) is 11.5 Å². The Bertz CT molecular complexity index is 858. The number of ether oxygens (including phenoxy) is 1. The molecule has 4 heterocycles. The minimum atomic E-state index is -3.73. The molecule has 0 saturated heterocycles. The van der Waals surface area contributed by atoms with Crippen LogP contribution in [0.1, 0.15) is 12.5 Å². The van der Waals surface area contributed by atoms with Crippen LogP contribution in [0.4, 0.5) is 0 Å². The maximum atomic E-state index is 12.5. The fraction of sp³-hybridized carbons (Fsp3) is 0.308. The van der Waals surface area contributed by atoms with E-state index < -0.39 is 7.82 Å². The molecule has 1 N–H and O–H groups in total. The third-order valence-corrected chi connectivity index (χ3v) is 4.78. The average Bonchev–Trinajstić information content (AvgIpc) is 2.85. The van der Waals surface area contributed by atoms with Crippen LogP contribution in [0, 0.1) is 0 Å². The van der Waals surface area contributed by atoms with Gasteiger partial charge in [0.1, 0.15) is 0 Å². The maximum absolute atomic E-state index is 12.5. The molecule has 1 aromatic heterocycles. The molecular weight excluding hydrogens is 311 g/mol. The fourth-order valence-electron chi connectivity index (χ4n) is 2.74. The first-order valence-corrected chi connectivity index (χ1v) is 8.16. The van der Waals surface area contributed by atoms with E-state index in [0.717, 1.165) is 10.9 Å². The summed E-state index contributed by atoms with van der Waals surface area (Å²) in [4.78, 5) is 11.0. The molecule has 0 radical (unpaired) electrons. The second-order valence-corrected chi connectivity index (χ2v) is 6.44. The average molecular weight is 324 g/mol. The number of phosphoric ester groups is 1. The Balaban J connectivity index is 1.90. The Morgan fingerprint density at radius 3 is 2.95 bits per heavy atom. The monoisotopic (exact) mass is 324 g/mol. The molecule has 1 amide bonds. The predicted molar refractivity (Wildman–Crippen MR) is 76.3 cm³/mol. The number of phosphoric acid groups is 1. The number of hydrogen-bond acceptors (Lipinski definition) is 6. The van der Waals surface area contributed by atoms with Crippen LogP contribution in [-0.2, 0) is 15.8 Å². The van der Waals surface area contributed by atoms with Gasteiger partial charge in [0.25, 0.3) is 0 Å². The summed E-state index contributed by atoms with van der Waals surface area (Å²) in [5.74, 6) is 1.03. The topological polar surface area (TPSA) is 88.0 Å². The Labute approximate surface area is 125 Å². The lowest BCUT2D eigenvalue weighted by atomic mass is 10.1. The lowest BCUT2D eigenvalue weighted by Crippen LogP contribution is -2.22. The Morgan fingerprint density at radius 1 is 1.41 bits per heavy atom. The van der Waals surface area contributed by atoms with E-state index in [1.807, 2.05) is 0 Å². The number of benzene rings is 1. The van der Waals surface area contributed by atoms with Crippen molar-refractivity contribution < 1.29 is 27.8 Å². The van der Waals surface area contributed by atoms with Crippen molar-refractivity contribution in [2.75, 3.05) is 13.7 Å². The van der Waals surface area contributed by atoms with Gasteiger partial charge in [-0.05, 0) is 18.6 Å². The van der Waals surface area contributed by atoms with Crippen molar-refractivity contribution in [1.82, 2.24) is 10.0 Å². The molecule has 3 aliphatic heterocycles. The standard InChI is InChI=1S/C13H13N2O6P/c1-7(16)14-6-5-8-11-9-3-4-10(18-2)12(11)19-22(17)20-13(8)15(9)21-22/h3-4H,5-6H2,1-2H3,(H,14,16). The molecule has 8 nitrogen and oxygen atoms in total. The summed E-state index contributed by atoms with van der Waals surface area (Å²) in [6, 6.07) is 3.51. The van der Waals surface area contributed by atoms with Crippen LogP contribution in [0.25, 0.3) is 10.9 Å². The first-order chi connectivity index (χ1) is 10.5. The molecule has 5 rings (SSSR count). The van der Waals surface area contributed by atoms with Gasteiger partial charge in [-0.3, -0.25) is 9.42 Å². The van der Waals surface area contributed by atoms with Crippen LogP contribution in [-0.4, -0.2) is 24.3 Å². The van der Waals surface area contributed by atoms with Crippen molar-refractivity contribution in [3.63, 3.8) is 0 Å². The Hall–Kier alpha value is -2.34. The van der Waals surface area contributed by atoms with Crippen LogP contribution in [0.5, 0.6) is 17.4 Å². The second-order valence-electron chi connectivity index (χ2n) is 5.01. The van der Waals surface area contributed by atoms with Gasteiger partial charge < -0.3 is 19.1 Å². The van der Waals surface area contributed by atoms with Gasteiger partial charge >= 0.3 is 7.82 Å². The number of carbonyl (C=O) groups is 1.